The average molecular weight is 298 g/mol. The Morgan fingerprint density at radius 2 is 2.41 bits per heavy atom. The fraction of sp³-hybridized carbons (Fsp3) is 0.467. The molecule has 2 aromatic heterocycles. The van der Waals surface area contributed by atoms with Gasteiger partial charge in [-0.2, -0.15) is 5.26 Å². The molecule has 0 saturated carbocycles. The van der Waals surface area contributed by atoms with E-state index in [4.69, 9.17) is 5.26 Å². The summed E-state index contributed by atoms with van der Waals surface area (Å²) in [5, 5.41) is 9.71. The lowest BCUT2D eigenvalue weighted by Gasteiger charge is -2.28. The number of H-pyrrole nitrogens is 1. The number of fused-ring (bicyclic) bond motifs is 1. The molecule has 1 aliphatic heterocycles. The van der Waals surface area contributed by atoms with Gasteiger partial charge in [0.05, 0.1) is 18.1 Å². The van der Waals surface area contributed by atoms with Crippen LogP contribution in [0.2, 0.25) is 0 Å². The standard InChI is InChI=1S/C15H18N6O/c1-11-4-7-20(10-21(8-11)13(22)2-5-16)15-12-3-6-17-14(12)18-9-19-15/h3,6,9,11H,2,4,7-8,10H2,1H3,(H,17,18,19)/t11-/m1/s1. The average Bonchev–Trinajstić information content (AvgIpc) is 2.90. The van der Waals surface area contributed by atoms with Crippen molar-refractivity contribution in [3.05, 3.63) is 18.6 Å². The summed E-state index contributed by atoms with van der Waals surface area (Å²) in [6.07, 6.45) is 4.27. The number of amides is 1. The molecular weight excluding hydrogens is 280 g/mol. The minimum Gasteiger partial charge on any atom is -0.346 e. The van der Waals surface area contributed by atoms with E-state index in [-0.39, 0.29) is 12.3 Å². The summed E-state index contributed by atoms with van der Waals surface area (Å²) < 4.78 is 0. The number of hydrogen-bond donors (Lipinski definition) is 1. The van der Waals surface area contributed by atoms with Gasteiger partial charge < -0.3 is 14.8 Å². The molecular formula is C15H18N6O. The van der Waals surface area contributed by atoms with E-state index >= 15 is 0 Å². The highest BCUT2D eigenvalue weighted by molar-refractivity contribution is 5.87. The number of nitriles is 1. The molecule has 3 heterocycles. The fourth-order valence-corrected chi connectivity index (χ4v) is 2.82. The normalized spacial score (nSPS) is 19.0. The van der Waals surface area contributed by atoms with Crippen molar-refractivity contribution in [3.63, 3.8) is 0 Å². The van der Waals surface area contributed by atoms with Gasteiger partial charge in [-0.15, -0.1) is 0 Å². The van der Waals surface area contributed by atoms with Crippen LogP contribution in [0.4, 0.5) is 5.82 Å². The van der Waals surface area contributed by atoms with Crippen molar-refractivity contribution >= 4 is 22.8 Å². The quantitative estimate of drug-likeness (QED) is 0.907. The third-order valence-corrected chi connectivity index (χ3v) is 3.98. The predicted octanol–water partition coefficient (Wildman–Crippen LogP) is 1.50. The predicted molar refractivity (Wildman–Crippen MR) is 81.8 cm³/mol. The van der Waals surface area contributed by atoms with Gasteiger partial charge in [-0.05, 0) is 18.4 Å². The molecule has 0 bridgehead atoms. The zero-order chi connectivity index (χ0) is 15.5. The molecule has 1 aliphatic rings. The third kappa shape index (κ3) is 2.72. The van der Waals surface area contributed by atoms with Crippen LogP contribution in [0, 0.1) is 17.2 Å². The van der Waals surface area contributed by atoms with Gasteiger partial charge in [0.2, 0.25) is 5.91 Å². The molecule has 2 aromatic rings. The molecule has 114 valence electrons. The highest BCUT2D eigenvalue weighted by atomic mass is 16.2. The van der Waals surface area contributed by atoms with Gasteiger partial charge in [-0.1, -0.05) is 6.92 Å². The van der Waals surface area contributed by atoms with Gasteiger partial charge in [0.15, 0.2) is 0 Å². The lowest BCUT2D eigenvalue weighted by Crippen LogP contribution is -2.41. The minimum absolute atomic E-state index is 0.0795. The molecule has 22 heavy (non-hydrogen) atoms. The highest BCUT2D eigenvalue weighted by Gasteiger charge is 2.25. The van der Waals surface area contributed by atoms with Crippen molar-refractivity contribution in [1.29, 1.82) is 5.26 Å². The van der Waals surface area contributed by atoms with E-state index < -0.39 is 0 Å². The summed E-state index contributed by atoms with van der Waals surface area (Å²) in [5.41, 5.74) is 0.789. The van der Waals surface area contributed by atoms with Gasteiger partial charge in [0.25, 0.3) is 0 Å². The van der Waals surface area contributed by atoms with Crippen LogP contribution in [0.5, 0.6) is 0 Å². The van der Waals surface area contributed by atoms with Crippen molar-refractivity contribution in [3.8, 4) is 6.07 Å². The van der Waals surface area contributed by atoms with E-state index in [0.717, 1.165) is 29.8 Å². The third-order valence-electron chi connectivity index (χ3n) is 3.98. The monoisotopic (exact) mass is 298 g/mol. The van der Waals surface area contributed by atoms with E-state index in [1.54, 1.807) is 4.90 Å². The Morgan fingerprint density at radius 1 is 1.55 bits per heavy atom. The zero-order valence-corrected chi connectivity index (χ0v) is 12.5. The van der Waals surface area contributed by atoms with Crippen LogP contribution in [0.3, 0.4) is 0 Å². The fourth-order valence-electron chi connectivity index (χ4n) is 2.82. The first-order valence-electron chi connectivity index (χ1n) is 7.37. The topological polar surface area (TPSA) is 88.9 Å². The number of anilines is 1. The van der Waals surface area contributed by atoms with Gasteiger partial charge in [-0.25, -0.2) is 9.97 Å². The number of hydrogen-bond acceptors (Lipinski definition) is 5. The molecule has 0 spiro atoms. The first-order valence-corrected chi connectivity index (χ1v) is 7.37. The van der Waals surface area contributed by atoms with Crippen molar-refractivity contribution in [2.45, 2.75) is 19.8 Å². The Labute approximate surface area is 128 Å². The summed E-state index contributed by atoms with van der Waals surface area (Å²) in [6.45, 7) is 4.09. The Kier molecular flexibility index (Phi) is 3.92. The molecule has 0 aliphatic carbocycles. The maximum absolute atomic E-state index is 12.1. The van der Waals surface area contributed by atoms with E-state index in [1.807, 2.05) is 18.3 Å². The maximum Gasteiger partial charge on any atom is 0.238 e. The van der Waals surface area contributed by atoms with Crippen LogP contribution in [-0.2, 0) is 4.79 Å². The maximum atomic E-state index is 12.1. The van der Waals surface area contributed by atoms with Crippen molar-refractivity contribution in [1.82, 2.24) is 19.9 Å². The summed E-state index contributed by atoms with van der Waals surface area (Å²) in [5.74, 6) is 1.10. The molecule has 1 saturated heterocycles. The van der Waals surface area contributed by atoms with E-state index in [0.29, 0.717) is 19.1 Å². The van der Waals surface area contributed by atoms with Crippen LogP contribution in [0.25, 0.3) is 11.0 Å². The van der Waals surface area contributed by atoms with Crippen LogP contribution in [0.1, 0.15) is 19.8 Å². The number of aromatic nitrogens is 3. The van der Waals surface area contributed by atoms with E-state index in [9.17, 15) is 4.79 Å². The van der Waals surface area contributed by atoms with Crippen molar-refractivity contribution in [2.75, 3.05) is 24.7 Å². The van der Waals surface area contributed by atoms with Gasteiger partial charge >= 0.3 is 0 Å². The molecule has 7 nitrogen and oxygen atoms in total. The first-order chi connectivity index (χ1) is 10.7. The smallest absolute Gasteiger partial charge is 0.238 e. The van der Waals surface area contributed by atoms with Gasteiger partial charge in [0, 0.05) is 19.3 Å². The number of carbonyl (C=O) groups is 1. The Balaban J connectivity index is 1.91. The van der Waals surface area contributed by atoms with E-state index in [1.165, 1.54) is 6.33 Å². The summed E-state index contributed by atoms with van der Waals surface area (Å²) >= 11 is 0. The molecule has 0 aromatic carbocycles. The molecule has 7 heteroatoms. The number of carbonyl (C=O) groups excluding carboxylic acids is 1. The Hall–Kier alpha value is -2.62. The molecule has 3 rings (SSSR count). The second-order valence-electron chi connectivity index (χ2n) is 5.69. The van der Waals surface area contributed by atoms with Crippen LogP contribution in [-0.4, -0.2) is 45.5 Å². The largest absolute Gasteiger partial charge is 0.346 e. The second-order valence-corrected chi connectivity index (χ2v) is 5.69. The summed E-state index contributed by atoms with van der Waals surface area (Å²) in [6, 6.07) is 3.88. The number of nitrogens with zero attached hydrogens (tertiary/aromatic N) is 5. The van der Waals surface area contributed by atoms with E-state index in [2.05, 4.69) is 26.8 Å². The molecule has 1 amide bonds. The molecule has 0 radical (unpaired) electrons. The van der Waals surface area contributed by atoms with Crippen molar-refractivity contribution < 1.29 is 4.79 Å². The van der Waals surface area contributed by atoms with Gasteiger partial charge in [0.1, 0.15) is 24.2 Å². The molecule has 1 N–H and O–H groups in total. The lowest BCUT2D eigenvalue weighted by molar-refractivity contribution is -0.130. The molecule has 1 atom stereocenters. The zero-order valence-electron chi connectivity index (χ0n) is 12.5. The van der Waals surface area contributed by atoms with Crippen molar-refractivity contribution in [2.24, 2.45) is 5.92 Å². The molecule has 0 unspecified atom stereocenters. The van der Waals surface area contributed by atoms with Gasteiger partial charge in [-0.3, -0.25) is 4.79 Å². The Morgan fingerprint density at radius 3 is 3.23 bits per heavy atom. The highest BCUT2D eigenvalue weighted by Crippen LogP contribution is 2.25. The molecule has 1 fully saturated rings. The second kappa shape index (κ2) is 6.02. The number of aromatic amines is 1. The first kappa shape index (κ1) is 14.3. The summed E-state index contributed by atoms with van der Waals surface area (Å²) in [7, 11) is 0. The number of nitrogens with one attached hydrogen (secondary N) is 1. The van der Waals surface area contributed by atoms with Crippen LogP contribution < -0.4 is 4.90 Å². The minimum atomic E-state index is -0.124. The van der Waals surface area contributed by atoms with Crippen LogP contribution >= 0.6 is 0 Å². The Bertz CT molecular complexity index is 718. The summed E-state index contributed by atoms with van der Waals surface area (Å²) in [4.78, 5) is 27.6. The van der Waals surface area contributed by atoms with Crippen LogP contribution in [0.15, 0.2) is 18.6 Å². The number of rotatable bonds is 2. The SMILES string of the molecule is C[C@@H]1CCN(c2ncnc3[nH]ccc23)CN(C(=O)CC#N)C1. The lowest BCUT2D eigenvalue weighted by atomic mass is 10.1.